The highest BCUT2D eigenvalue weighted by atomic mass is 16.5. The van der Waals surface area contributed by atoms with E-state index in [2.05, 4.69) is 20.9 Å². The lowest BCUT2D eigenvalue weighted by atomic mass is 10.0. The van der Waals surface area contributed by atoms with Crippen LogP contribution < -0.4 is 25.4 Å². The lowest BCUT2D eigenvalue weighted by Crippen LogP contribution is -2.38. The number of nitrogens with one attached hydrogen (secondary N) is 3. The predicted molar refractivity (Wildman–Crippen MR) is 110 cm³/mol. The molecule has 1 aliphatic heterocycles. The lowest BCUT2D eigenvalue weighted by molar-refractivity contribution is -0.116. The van der Waals surface area contributed by atoms with Crippen molar-refractivity contribution in [1.29, 1.82) is 0 Å². The quantitative estimate of drug-likeness (QED) is 0.389. The van der Waals surface area contributed by atoms with Gasteiger partial charge in [-0.1, -0.05) is 12.1 Å². The Labute approximate surface area is 165 Å². The topological polar surface area (TPSA) is 84.0 Å². The zero-order valence-electron chi connectivity index (χ0n) is 16.2. The van der Waals surface area contributed by atoms with Crippen LogP contribution in [0.4, 0.5) is 5.69 Å². The fraction of sp³-hybridized carbons (Fsp3) is 0.333. The number of fused-ring (bicyclic) bond motifs is 1. The van der Waals surface area contributed by atoms with Crippen LogP contribution in [0.15, 0.2) is 47.5 Å². The van der Waals surface area contributed by atoms with Gasteiger partial charge in [0.1, 0.15) is 18.1 Å². The molecule has 0 bridgehead atoms. The van der Waals surface area contributed by atoms with E-state index in [1.807, 2.05) is 42.5 Å². The summed E-state index contributed by atoms with van der Waals surface area (Å²) in [4.78, 5) is 15.6. The number of nitrogens with zero attached hydrogens (tertiary/aromatic N) is 1. The maximum Gasteiger partial charge on any atom is 0.224 e. The van der Waals surface area contributed by atoms with E-state index in [4.69, 9.17) is 9.47 Å². The fourth-order valence-corrected chi connectivity index (χ4v) is 2.94. The van der Waals surface area contributed by atoms with Gasteiger partial charge in [-0.3, -0.25) is 9.79 Å². The molecule has 0 spiro atoms. The number of amides is 1. The number of benzene rings is 2. The Kier molecular flexibility index (Phi) is 6.73. The second kappa shape index (κ2) is 9.64. The first-order valence-electron chi connectivity index (χ1n) is 9.31. The molecule has 0 saturated carbocycles. The van der Waals surface area contributed by atoms with Gasteiger partial charge in [-0.25, -0.2) is 0 Å². The summed E-state index contributed by atoms with van der Waals surface area (Å²) in [7, 11) is 3.39. The molecule has 148 valence electrons. The molecule has 0 unspecified atom stereocenters. The van der Waals surface area contributed by atoms with E-state index < -0.39 is 0 Å². The van der Waals surface area contributed by atoms with Crippen LogP contribution >= 0.6 is 0 Å². The molecule has 28 heavy (non-hydrogen) atoms. The Hall–Kier alpha value is -3.22. The summed E-state index contributed by atoms with van der Waals surface area (Å²) in [5.41, 5.74) is 3.13. The van der Waals surface area contributed by atoms with Crippen molar-refractivity contribution in [1.82, 2.24) is 10.6 Å². The third-order valence-corrected chi connectivity index (χ3v) is 4.48. The molecule has 7 nitrogen and oxygen atoms in total. The first-order valence-corrected chi connectivity index (χ1v) is 9.31. The van der Waals surface area contributed by atoms with Crippen molar-refractivity contribution in [2.75, 3.05) is 32.6 Å². The average Bonchev–Trinajstić information content (AvgIpc) is 2.73. The van der Waals surface area contributed by atoms with Crippen molar-refractivity contribution in [2.45, 2.75) is 19.4 Å². The Morgan fingerprint density at radius 1 is 1.11 bits per heavy atom. The molecule has 1 amide bonds. The van der Waals surface area contributed by atoms with Gasteiger partial charge >= 0.3 is 0 Å². The van der Waals surface area contributed by atoms with Gasteiger partial charge in [0, 0.05) is 25.7 Å². The molecule has 3 N–H and O–H groups in total. The van der Waals surface area contributed by atoms with Gasteiger partial charge in [0.2, 0.25) is 5.91 Å². The molecule has 2 aromatic carbocycles. The highest BCUT2D eigenvalue weighted by molar-refractivity contribution is 5.94. The smallest absolute Gasteiger partial charge is 0.224 e. The molecular formula is C21H26N4O3. The van der Waals surface area contributed by atoms with Crippen LogP contribution in [-0.4, -0.2) is 39.2 Å². The van der Waals surface area contributed by atoms with Crippen LogP contribution in [-0.2, 0) is 17.8 Å². The minimum atomic E-state index is 0.0684. The summed E-state index contributed by atoms with van der Waals surface area (Å²) in [5, 5.41) is 9.37. The molecule has 7 heteroatoms. The number of methoxy groups -OCH3 is 1. The normalized spacial score (nSPS) is 13.4. The summed E-state index contributed by atoms with van der Waals surface area (Å²) >= 11 is 0. The Bertz CT molecular complexity index is 834. The zero-order chi connectivity index (χ0) is 19.8. The Morgan fingerprint density at radius 3 is 2.64 bits per heavy atom. The van der Waals surface area contributed by atoms with Crippen molar-refractivity contribution < 1.29 is 14.3 Å². The van der Waals surface area contributed by atoms with E-state index in [9.17, 15) is 4.79 Å². The number of carbonyl (C=O) groups is 1. The highest BCUT2D eigenvalue weighted by Crippen LogP contribution is 2.26. The third kappa shape index (κ3) is 5.39. The van der Waals surface area contributed by atoms with Gasteiger partial charge in [0.25, 0.3) is 0 Å². The summed E-state index contributed by atoms with van der Waals surface area (Å²) in [6, 6.07) is 13.7. The van der Waals surface area contributed by atoms with E-state index in [0.29, 0.717) is 32.1 Å². The zero-order valence-corrected chi connectivity index (χ0v) is 16.2. The van der Waals surface area contributed by atoms with Gasteiger partial charge in [-0.05, 0) is 47.9 Å². The van der Waals surface area contributed by atoms with E-state index in [-0.39, 0.29) is 5.91 Å². The summed E-state index contributed by atoms with van der Waals surface area (Å²) in [6.45, 7) is 1.80. The third-order valence-electron chi connectivity index (χ3n) is 4.48. The van der Waals surface area contributed by atoms with Gasteiger partial charge < -0.3 is 25.4 Å². The van der Waals surface area contributed by atoms with Crippen LogP contribution in [0.5, 0.6) is 11.5 Å². The van der Waals surface area contributed by atoms with Crippen LogP contribution in [0.25, 0.3) is 0 Å². The summed E-state index contributed by atoms with van der Waals surface area (Å²) in [5.74, 6) is 2.43. The van der Waals surface area contributed by atoms with Crippen LogP contribution in [0.1, 0.15) is 17.5 Å². The van der Waals surface area contributed by atoms with Crippen LogP contribution in [0.2, 0.25) is 0 Å². The average molecular weight is 382 g/mol. The molecule has 0 saturated heterocycles. The van der Waals surface area contributed by atoms with E-state index >= 15 is 0 Å². The fourth-order valence-electron chi connectivity index (χ4n) is 2.94. The molecular weight excluding hydrogens is 356 g/mol. The molecule has 1 heterocycles. The number of hydrogen-bond donors (Lipinski definition) is 3. The molecule has 0 atom stereocenters. The minimum Gasteiger partial charge on any atom is -0.497 e. The molecule has 0 fully saturated rings. The van der Waals surface area contributed by atoms with Crippen molar-refractivity contribution in [3.8, 4) is 11.5 Å². The summed E-state index contributed by atoms with van der Waals surface area (Å²) in [6.07, 6.45) is 1.27. The van der Waals surface area contributed by atoms with E-state index in [1.165, 1.54) is 0 Å². The number of aryl methyl sites for hydroxylation is 1. The lowest BCUT2D eigenvalue weighted by Gasteiger charge is -2.18. The number of hydrogen-bond acceptors (Lipinski definition) is 4. The maximum absolute atomic E-state index is 11.4. The maximum atomic E-state index is 11.4. The van der Waals surface area contributed by atoms with Crippen LogP contribution in [0.3, 0.4) is 0 Å². The monoisotopic (exact) mass is 382 g/mol. The summed E-state index contributed by atoms with van der Waals surface area (Å²) < 4.78 is 11.0. The molecule has 0 radical (unpaired) electrons. The van der Waals surface area contributed by atoms with Gasteiger partial charge in [-0.15, -0.1) is 0 Å². The van der Waals surface area contributed by atoms with Crippen LogP contribution in [0, 0.1) is 0 Å². The van der Waals surface area contributed by atoms with Crippen molar-refractivity contribution in [3.63, 3.8) is 0 Å². The second-order valence-electron chi connectivity index (χ2n) is 6.42. The largest absolute Gasteiger partial charge is 0.497 e. The molecule has 3 rings (SSSR count). The SMILES string of the molecule is CN=C(NCCOc1ccc2c(c1)CCC(=O)N2)NCc1ccc(OC)cc1. The number of rotatable bonds is 7. The van der Waals surface area contributed by atoms with Gasteiger partial charge in [0.15, 0.2) is 5.96 Å². The first kappa shape index (κ1) is 19.5. The second-order valence-corrected chi connectivity index (χ2v) is 6.42. The van der Waals surface area contributed by atoms with Gasteiger partial charge in [-0.2, -0.15) is 0 Å². The first-order chi connectivity index (χ1) is 13.7. The van der Waals surface area contributed by atoms with E-state index in [0.717, 1.165) is 34.7 Å². The highest BCUT2D eigenvalue weighted by Gasteiger charge is 2.14. The number of anilines is 1. The molecule has 0 aliphatic carbocycles. The van der Waals surface area contributed by atoms with Crippen molar-refractivity contribution in [3.05, 3.63) is 53.6 Å². The number of aliphatic imine (C=N–C) groups is 1. The number of carbonyl (C=O) groups excluding carboxylic acids is 1. The Balaban J connectivity index is 1.40. The van der Waals surface area contributed by atoms with Gasteiger partial charge in [0.05, 0.1) is 13.7 Å². The molecule has 1 aliphatic rings. The Morgan fingerprint density at radius 2 is 1.89 bits per heavy atom. The standard InChI is InChI=1S/C21H26N4O3/c1-22-21(24-14-15-3-6-17(27-2)7-4-15)23-11-12-28-18-8-9-19-16(13-18)5-10-20(26)25-19/h3-4,6-9,13H,5,10-12,14H2,1-2H3,(H,25,26)(H2,22,23,24). The van der Waals surface area contributed by atoms with Crippen molar-refractivity contribution >= 4 is 17.6 Å². The van der Waals surface area contributed by atoms with E-state index in [1.54, 1.807) is 14.2 Å². The minimum absolute atomic E-state index is 0.0684. The molecule has 0 aromatic heterocycles. The number of ether oxygens (including phenoxy) is 2. The predicted octanol–water partition coefficient (Wildman–Crippen LogP) is 2.32. The molecule has 2 aromatic rings. The van der Waals surface area contributed by atoms with Crippen molar-refractivity contribution in [2.24, 2.45) is 4.99 Å². The number of guanidine groups is 1.